The summed E-state index contributed by atoms with van der Waals surface area (Å²) in [6.07, 6.45) is 0. The summed E-state index contributed by atoms with van der Waals surface area (Å²) in [5.41, 5.74) is 0.432. The third-order valence-corrected chi connectivity index (χ3v) is 4.36. The lowest BCUT2D eigenvalue weighted by Gasteiger charge is -2.14. The molecule has 118 valence electrons. The molecule has 8 nitrogen and oxygen atoms in total. The molecule has 21 heavy (non-hydrogen) atoms. The first-order valence-electron chi connectivity index (χ1n) is 6.18. The number of imide groups is 1. The van der Waals surface area contributed by atoms with E-state index in [-0.39, 0.29) is 16.3 Å². The first kappa shape index (κ1) is 17.4. The van der Waals surface area contributed by atoms with Crippen molar-refractivity contribution in [3.63, 3.8) is 0 Å². The minimum Gasteiger partial charge on any atom is -0.338 e. The van der Waals surface area contributed by atoms with Crippen LogP contribution in [0.3, 0.4) is 0 Å². The van der Waals surface area contributed by atoms with Gasteiger partial charge in [0.25, 0.3) is 15.0 Å². The van der Waals surface area contributed by atoms with E-state index in [0.717, 1.165) is 0 Å². The molecule has 0 spiro atoms. The maximum atomic E-state index is 11.9. The van der Waals surface area contributed by atoms with E-state index in [0.29, 0.717) is 6.54 Å². The average Bonchev–Trinajstić information content (AvgIpc) is 2.63. The first-order chi connectivity index (χ1) is 9.59. The molecule has 1 aromatic rings. The molecule has 0 radical (unpaired) electrons. The minimum absolute atomic E-state index is 0.123. The molecule has 0 aliphatic heterocycles. The van der Waals surface area contributed by atoms with E-state index in [1.165, 1.54) is 25.5 Å². The van der Waals surface area contributed by atoms with Crippen LogP contribution in [-0.2, 0) is 13.8 Å². The fourth-order valence-electron chi connectivity index (χ4n) is 1.91. The van der Waals surface area contributed by atoms with E-state index in [2.05, 4.69) is 15.7 Å². The van der Waals surface area contributed by atoms with E-state index in [9.17, 15) is 18.0 Å². The number of hydrogen-bond acceptors (Lipinski definition) is 5. The number of aromatic nitrogens is 2. The highest BCUT2D eigenvalue weighted by molar-refractivity contribution is 8.13. The SMILES string of the molecule is CCNC(=O)NC(=O)C(C)n1nc(C)c(S(=O)(=O)Cl)c1C. The van der Waals surface area contributed by atoms with Gasteiger partial charge in [0.15, 0.2) is 0 Å². The van der Waals surface area contributed by atoms with Crippen molar-refractivity contribution in [3.05, 3.63) is 11.4 Å². The van der Waals surface area contributed by atoms with Crippen molar-refractivity contribution in [1.29, 1.82) is 0 Å². The van der Waals surface area contributed by atoms with Gasteiger partial charge in [0, 0.05) is 17.2 Å². The van der Waals surface area contributed by atoms with Gasteiger partial charge in [-0.05, 0) is 27.7 Å². The van der Waals surface area contributed by atoms with Gasteiger partial charge in [0.2, 0.25) is 0 Å². The van der Waals surface area contributed by atoms with E-state index >= 15 is 0 Å². The molecule has 2 N–H and O–H groups in total. The number of carbonyl (C=O) groups excluding carboxylic acids is 2. The fraction of sp³-hybridized carbons (Fsp3) is 0.545. The Morgan fingerprint density at radius 2 is 1.95 bits per heavy atom. The zero-order valence-corrected chi connectivity index (χ0v) is 13.7. The van der Waals surface area contributed by atoms with Crippen molar-refractivity contribution in [2.24, 2.45) is 0 Å². The lowest BCUT2D eigenvalue weighted by atomic mass is 10.3. The largest absolute Gasteiger partial charge is 0.338 e. The van der Waals surface area contributed by atoms with Crippen molar-refractivity contribution in [2.75, 3.05) is 6.54 Å². The van der Waals surface area contributed by atoms with E-state index in [1.54, 1.807) is 6.92 Å². The Balaban J connectivity index is 3.07. The minimum atomic E-state index is -3.96. The summed E-state index contributed by atoms with van der Waals surface area (Å²) in [4.78, 5) is 23.1. The fourth-order valence-corrected chi connectivity index (χ4v) is 3.42. The van der Waals surface area contributed by atoms with Gasteiger partial charge in [-0.2, -0.15) is 5.10 Å². The van der Waals surface area contributed by atoms with Crippen LogP contribution in [0.1, 0.15) is 31.3 Å². The van der Waals surface area contributed by atoms with E-state index < -0.39 is 27.0 Å². The molecule has 0 bridgehead atoms. The normalized spacial score (nSPS) is 12.8. The smallest absolute Gasteiger partial charge is 0.321 e. The second kappa shape index (κ2) is 6.44. The van der Waals surface area contributed by atoms with Crippen LogP contribution in [0.2, 0.25) is 0 Å². The van der Waals surface area contributed by atoms with Crippen molar-refractivity contribution in [3.8, 4) is 0 Å². The molecule has 10 heteroatoms. The standard InChI is InChI=1S/C11H17ClN4O4S/c1-5-13-11(18)14-10(17)8(4)16-7(3)9(6(2)15-16)21(12,19)20/h8H,5H2,1-4H3,(H2,13,14,17,18). The lowest BCUT2D eigenvalue weighted by molar-refractivity contribution is -0.123. The third kappa shape index (κ3) is 3.94. The molecular formula is C11H17ClN4O4S. The van der Waals surface area contributed by atoms with Crippen molar-refractivity contribution >= 4 is 31.7 Å². The molecule has 1 heterocycles. The zero-order valence-electron chi connectivity index (χ0n) is 12.1. The number of urea groups is 1. The molecule has 1 rings (SSSR count). The van der Waals surface area contributed by atoms with E-state index in [1.807, 2.05) is 0 Å². The van der Waals surface area contributed by atoms with Crippen molar-refractivity contribution in [1.82, 2.24) is 20.4 Å². The van der Waals surface area contributed by atoms with E-state index in [4.69, 9.17) is 10.7 Å². The van der Waals surface area contributed by atoms with Gasteiger partial charge in [0.1, 0.15) is 10.9 Å². The van der Waals surface area contributed by atoms with Crippen LogP contribution in [0.15, 0.2) is 4.90 Å². The highest BCUT2D eigenvalue weighted by Crippen LogP contribution is 2.25. The van der Waals surface area contributed by atoms with Gasteiger partial charge in [-0.1, -0.05) is 0 Å². The molecule has 0 aliphatic rings. The van der Waals surface area contributed by atoms with Crippen molar-refractivity contribution in [2.45, 2.75) is 38.6 Å². The number of carbonyl (C=O) groups is 2. The number of aryl methyl sites for hydroxylation is 1. The number of amides is 3. The molecule has 0 aromatic carbocycles. The number of nitrogens with one attached hydrogen (secondary N) is 2. The van der Waals surface area contributed by atoms with Crippen LogP contribution in [0, 0.1) is 13.8 Å². The number of halogens is 1. The van der Waals surface area contributed by atoms with Crippen LogP contribution in [-0.4, -0.2) is 36.7 Å². The monoisotopic (exact) mass is 336 g/mol. The predicted molar refractivity (Wildman–Crippen MR) is 76.7 cm³/mol. The van der Waals surface area contributed by atoms with Crippen LogP contribution in [0.5, 0.6) is 0 Å². The van der Waals surface area contributed by atoms with Crippen LogP contribution in [0.25, 0.3) is 0 Å². The summed E-state index contributed by atoms with van der Waals surface area (Å²) in [6, 6.07) is -1.49. The highest BCUT2D eigenvalue weighted by Gasteiger charge is 2.27. The zero-order chi connectivity index (χ0) is 16.4. The summed E-state index contributed by atoms with van der Waals surface area (Å²) in [5.74, 6) is -0.606. The summed E-state index contributed by atoms with van der Waals surface area (Å²) >= 11 is 0. The summed E-state index contributed by atoms with van der Waals surface area (Å²) in [7, 11) is 1.39. The molecule has 1 unspecified atom stereocenters. The van der Waals surface area contributed by atoms with Crippen LogP contribution < -0.4 is 10.6 Å². The first-order valence-corrected chi connectivity index (χ1v) is 8.49. The molecule has 1 atom stereocenters. The Hall–Kier alpha value is -1.61. The van der Waals surface area contributed by atoms with Gasteiger partial charge in [0.05, 0.1) is 11.4 Å². The summed E-state index contributed by atoms with van der Waals surface area (Å²) in [6.45, 7) is 6.56. The molecule has 0 fully saturated rings. The average molecular weight is 337 g/mol. The van der Waals surface area contributed by atoms with Gasteiger partial charge in [-0.15, -0.1) is 0 Å². The van der Waals surface area contributed by atoms with Crippen LogP contribution in [0.4, 0.5) is 4.79 Å². The molecule has 1 aromatic heterocycles. The molecule has 0 saturated heterocycles. The Morgan fingerprint density at radius 3 is 2.38 bits per heavy atom. The highest BCUT2D eigenvalue weighted by atomic mass is 35.7. The molecule has 3 amide bonds. The van der Waals surface area contributed by atoms with Gasteiger partial charge < -0.3 is 5.32 Å². The Bertz CT molecular complexity index is 668. The summed E-state index contributed by atoms with van der Waals surface area (Å²) in [5, 5.41) is 8.57. The Morgan fingerprint density at radius 1 is 1.38 bits per heavy atom. The quantitative estimate of drug-likeness (QED) is 0.791. The van der Waals surface area contributed by atoms with Gasteiger partial charge >= 0.3 is 6.03 Å². The topological polar surface area (TPSA) is 110 Å². The predicted octanol–water partition coefficient (Wildman–Crippen LogP) is 0.834. The Kier molecular flexibility index (Phi) is 5.35. The second-order valence-corrected chi connectivity index (χ2v) is 6.91. The summed E-state index contributed by atoms with van der Waals surface area (Å²) < 4.78 is 24.2. The van der Waals surface area contributed by atoms with Crippen molar-refractivity contribution < 1.29 is 18.0 Å². The maximum Gasteiger partial charge on any atom is 0.321 e. The molecular weight excluding hydrogens is 320 g/mol. The second-order valence-electron chi connectivity index (χ2n) is 4.41. The molecule has 0 aliphatic carbocycles. The lowest BCUT2D eigenvalue weighted by Crippen LogP contribution is -2.42. The van der Waals surface area contributed by atoms with Crippen LogP contribution >= 0.6 is 10.7 Å². The maximum absolute atomic E-state index is 11.9. The number of rotatable bonds is 4. The third-order valence-electron chi connectivity index (χ3n) is 2.82. The van der Waals surface area contributed by atoms with Gasteiger partial charge in [-0.25, -0.2) is 13.2 Å². The number of nitrogens with zero attached hydrogens (tertiary/aromatic N) is 2. The Labute approximate surface area is 127 Å². The molecule has 0 saturated carbocycles. The number of hydrogen-bond donors (Lipinski definition) is 2. The van der Waals surface area contributed by atoms with Gasteiger partial charge in [-0.3, -0.25) is 14.8 Å².